The highest BCUT2D eigenvalue weighted by Crippen LogP contribution is 2.26. The number of allylic oxidation sites excluding steroid dienone is 3. The second-order valence-electron chi connectivity index (χ2n) is 6.21. The van der Waals surface area contributed by atoms with Crippen molar-refractivity contribution in [1.29, 1.82) is 0 Å². The van der Waals surface area contributed by atoms with Crippen molar-refractivity contribution in [1.82, 2.24) is 4.31 Å². The van der Waals surface area contributed by atoms with Gasteiger partial charge in [-0.05, 0) is 44.0 Å². The summed E-state index contributed by atoms with van der Waals surface area (Å²) in [5.41, 5.74) is 0.564. The molecule has 1 aliphatic rings. The van der Waals surface area contributed by atoms with Crippen molar-refractivity contribution in [3.05, 3.63) is 48.6 Å². The van der Waals surface area contributed by atoms with Crippen molar-refractivity contribution in [2.45, 2.75) is 50.0 Å². The molecule has 0 heterocycles. The molecule has 5 nitrogen and oxygen atoms in total. The molecule has 25 heavy (non-hydrogen) atoms. The molecule has 0 aromatic heterocycles. The van der Waals surface area contributed by atoms with Gasteiger partial charge in [0, 0.05) is 24.9 Å². The molecule has 1 aromatic carbocycles. The summed E-state index contributed by atoms with van der Waals surface area (Å²) in [4.78, 5) is 12.0. The summed E-state index contributed by atoms with van der Waals surface area (Å²) in [6.07, 6.45) is 11.8. The van der Waals surface area contributed by atoms with E-state index in [1.54, 1.807) is 43.5 Å². The van der Waals surface area contributed by atoms with Crippen LogP contribution in [0.2, 0.25) is 0 Å². The van der Waals surface area contributed by atoms with Gasteiger partial charge in [-0.25, -0.2) is 8.42 Å². The Bertz CT molecular complexity index is 730. The topological polar surface area (TPSA) is 66.5 Å². The quantitative estimate of drug-likeness (QED) is 0.620. The second-order valence-corrected chi connectivity index (χ2v) is 8.21. The summed E-state index contributed by atoms with van der Waals surface area (Å²) < 4.78 is 27.0. The van der Waals surface area contributed by atoms with E-state index in [1.165, 1.54) is 16.8 Å². The predicted molar refractivity (Wildman–Crippen MR) is 101 cm³/mol. The summed E-state index contributed by atoms with van der Waals surface area (Å²) in [5.74, 6) is -0.256. The molecule has 0 bridgehead atoms. The van der Waals surface area contributed by atoms with E-state index < -0.39 is 10.0 Å². The van der Waals surface area contributed by atoms with Crippen molar-refractivity contribution in [3.63, 3.8) is 0 Å². The summed E-state index contributed by atoms with van der Waals surface area (Å²) >= 11 is 0. The van der Waals surface area contributed by atoms with Crippen molar-refractivity contribution < 1.29 is 13.2 Å². The Hall–Kier alpha value is -1.92. The lowest BCUT2D eigenvalue weighted by molar-refractivity contribution is -0.111. The van der Waals surface area contributed by atoms with Crippen molar-refractivity contribution in [2.24, 2.45) is 0 Å². The molecule has 6 heteroatoms. The first kappa shape index (κ1) is 19.4. The molecule has 0 radical (unpaired) electrons. The number of nitrogens with zero attached hydrogens (tertiary/aromatic N) is 1. The fraction of sp³-hybridized carbons (Fsp3) is 0.421. The van der Waals surface area contributed by atoms with Crippen LogP contribution in [0.1, 0.15) is 39.0 Å². The predicted octanol–water partition coefficient (Wildman–Crippen LogP) is 3.71. The molecule has 2 rings (SSSR count). The van der Waals surface area contributed by atoms with Crippen LogP contribution in [0.15, 0.2) is 53.5 Å². The number of amides is 1. The van der Waals surface area contributed by atoms with Crippen LogP contribution < -0.4 is 5.32 Å². The van der Waals surface area contributed by atoms with E-state index in [9.17, 15) is 13.2 Å². The van der Waals surface area contributed by atoms with Crippen molar-refractivity contribution >= 4 is 21.6 Å². The molecule has 1 aromatic rings. The zero-order valence-corrected chi connectivity index (χ0v) is 15.6. The van der Waals surface area contributed by atoms with Gasteiger partial charge in [-0.2, -0.15) is 4.31 Å². The molecule has 0 aliphatic heterocycles. The summed E-state index contributed by atoms with van der Waals surface area (Å²) in [6, 6.07) is 6.39. The summed E-state index contributed by atoms with van der Waals surface area (Å²) in [6.45, 7) is 1.87. The highest BCUT2D eigenvalue weighted by molar-refractivity contribution is 7.89. The van der Waals surface area contributed by atoms with E-state index in [0.29, 0.717) is 5.69 Å². The van der Waals surface area contributed by atoms with Crippen LogP contribution in [0.25, 0.3) is 0 Å². The number of sulfonamides is 1. The number of nitrogens with one attached hydrogen (secondary N) is 1. The Morgan fingerprint density at radius 3 is 2.36 bits per heavy atom. The number of anilines is 1. The maximum absolute atomic E-state index is 12.8. The lowest BCUT2D eigenvalue weighted by atomic mass is 9.96. The third-order valence-electron chi connectivity index (χ3n) is 4.44. The third kappa shape index (κ3) is 5.28. The molecule has 0 unspecified atom stereocenters. The molecule has 136 valence electrons. The van der Waals surface area contributed by atoms with Crippen LogP contribution in [-0.4, -0.2) is 31.7 Å². The average Bonchev–Trinajstić information content (AvgIpc) is 2.62. The van der Waals surface area contributed by atoms with E-state index in [0.717, 1.165) is 25.7 Å². The van der Waals surface area contributed by atoms with Crippen LogP contribution >= 0.6 is 0 Å². The Kier molecular flexibility index (Phi) is 6.96. The van der Waals surface area contributed by atoms with Gasteiger partial charge in [-0.15, -0.1) is 0 Å². The fourth-order valence-electron chi connectivity index (χ4n) is 2.96. The fourth-order valence-corrected chi connectivity index (χ4v) is 4.37. The first-order valence-corrected chi connectivity index (χ1v) is 10.1. The Morgan fingerprint density at radius 1 is 1.12 bits per heavy atom. The van der Waals surface area contributed by atoms with Gasteiger partial charge >= 0.3 is 0 Å². The number of benzene rings is 1. The van der Waals surface area contributed by atoms with Gasteiger partial charge in [0.1, 0.15) is 0 Å². The molecule has 1 aliphatic carbocycles. The molecule has 0 saturated heterocycles. The average molecular weight is 362 g/mol. The number of hydrogen-bond acceptors (Lipinski definition) is 3. The Morgan fingerprint density at radius 2 is 1.76 bits per heavy atom. The van der Waals surface area contributed by atoms with Crippen LogP contribution in [0.5, 0.6) is 0 Å². The number of rotatable bonds is 6. The molecular formula is C19H26N2O3S. The van der Waals surface area contributed by atoms with Gasteiger partial charge in [-0.3, -0.25) is 4.79 Å². The van der Waals surface area contributed by atoms with Gasteiger partial charge < -0.3 is 5.32 Å². The van der Waals surface area contributed by atoms with E-state index in [4.69, 9.17) is 0 Å². The van der Waals surface area contributed by atoms with Gasteiger partial charge in [0.05, 0.1) is 4.90 Å². The van der Waals surface area contributed by atoms with Crippen LogP contribution in [0.4, 0.5) is 5.69 Å². The Balaban J connectivity index is 2.06. The standard InChI is InChI=1S/C19H26N2O3S/c1-3-4-6-11-19(22)20-16-12-14-18(15-13-16)25(23,24)21(2)17-9-7-5-8-10-17/h3-4,6,11-15,17H,5,7-10H2,1-2H3,(H,20,22)/b4-3+,11-6+. The number of hydrogen-bond donors (Lipinski definition) is 1. The Labute approximate surface area is 150 Å². The molecule has 1 amide bonds. The zero-order valence-electron chi connectivity index (χ0n) is 14.8. The third-order valence-corrected chi connectivity index (χ3v) is 6.36. The van der Waals surface area contributed by atoms with Gasteiger partial charge in [0.15, 0.2) is 0 Å². The van der Waals surface area contributed by atoms with Crippen LogP contribution in [-0.2, 0) is 14.8 Å². The minimum atomic E-state index is -3.50. The van der Waals surface area contributed by atoms with Crippen LogP contribution in [0.3, 0.4) is 0 Å². The highest BCUT2D eigenvalue weighted by Gasteiger charge is 2.28. The van der Waals surface area contributed by atoms with E-state index in [1.807, 2.05) is 13.0 Å². The van der Waals surface area contributed by atoms with Crippen molar-refractivity contribution in [3.8, 4) is 0 Å². The molecule has 1 fully saturated rings. The largest absolute Gasteiger partial charge is 0.323 e. The number of carbonyl (C=O) groups excluding carboxylic acids is 1. The van der Waals surface area contributed by atoms with E-state index in [-0.39, 0.29) is 16.8 Å². The zero-order chi connectivity index (χ0) is 18.3. The molecule has 1 N–H and O–H groups in total. The molecule has 0 atom stereocenters. The monoisotopic (exact) mass is 362 g/mol. The smallest absolute Gasteiger partial charge is 0.248 e. The summed E-state index contributed by atoms with van der Waals surface area (Å²) in [7, 11) is -1.84. The van der Waals surface area contributed by atoms with Gasteiger partial charge in [0.2, 0.25) is 15.9 Å². The SMILES string of the molecule is C/C=C/C=C/C(=O)Nc1ccc(S(=O)(=O)N(C)C2CCCCC2)cc1. The maximum atomic E-state index is 12.8. The van der Waals surface area contributed by atoms with E-state index >= 15 is 0 Å². The molecule has 1 saturated carbocycles. The first-order chi connectivity index (χ1) is 11.9. The molecule has 0 spiro atoms. The minimum Gasteiger partial charge on any atom is -0.323 e. The summed E-state index contributed by atoms with van der Waals surface area (Å²) in [5, 5.41) is 2.70. The van der Waals surface area contributed by atoms with E-state index in [2.05, 4.69) is 5.32 Å². The maximum Gasteiger partial charge on any atom is 0.248 e. The van der Waals surface area contributed by atoms with Gasteiger partial charge in [-0.1, -0.05) is 37.5 Å². The lowest BCUT2D eigenvalue weighted by Gasteiger charge is -2.30. The minimum absolute atomic E-state index is 0.0786. The highest BCUT2D eigenvalue weighted by atomic mass is 32.2. The van der Waals surface area contributed by atoms with Crippen LogP contribution in [0, 0.1) is 0 Å². The van der Waals surface area contributed by atoms with Gasteiger partial charge in [0.25, 0.3) is 0 Å². The first-order valence-electron chi connectivity index (χ1n) is 8.63. The van der Waals surface area contributed by atoms with Crippen molar-refractivity contribution in [2.75, 3.05) is 12.4 Å². The second kappa shape index (κ2) is 8.97. The lowest BCUT2D eigenvalue weighted by Crippen LogP contribution is -2.38. The normalized spacial score (nSPS) is 16.8. The number of carbonyl (C=O) groups is 1. The molecular weight excluding hydrogens is 336 g/mol.